The van der Waals surface area contributed by atoms with Crippen LogP contribution in [0.3, 0.4) is 0 Å². The first-order chi connectivity index (χ1) is 12.9. The normalized spacial score (nSPS) is 20.7. The minimum Gasteiger partial charge on any atom is -0.415 e. The quantitative estimate of drug-likeness (QED) is 0.452. The van der Waals surface area contributed by atoms with Gasteiger partial charge in [-0.15, -0.1) is 10.2 Å². The van der Waals surface area contributed by atoms with Crippen LogP contribution in [-0.4, -0.2) is 40.2 Å². The fourth-order valence-electron chi connectivity index (χ4n) is 2.98. The molecule has 2 heterocycles. The van der Waals surface area contributed by atoms with Gasteiger partial charge >= 0.3 is 0 Å². The highest BCUT2D eigenvalue weighted by Gasteiger charge is 2.40. The Morgan fingerprint density at radius 1 is 1.32 bits per heavy atom. The van der Waals surface area contributed by atoms with Crippen LogP contribution in [0.25, 0.3) is 11.4 Å². The van der Waals surface area contributed by atoms with Crippen LogP contribution in [-0.2, 0) is 17.4 Å². The molecule has 3 rings (SSSR count). The van der Waals surface area contributed by atoms with Gasteiger partial charge in [-0.05, 0) is 43.3 Å². The molecule has 4 nitrogen and oxygen atoms in total. The maximum Gasteiger partial charge on any atom is 0.192 e. The van der Waals surface area contributed by atoms with Crippen molar-refractivity contribution in [3.05, 3.63) is 33.5 Å². The van der Waals surface area contributed by atoms with Crippen molar-refractivity contribution in [2.45, 2.75) is 63.5 Å². The molecule has 2 aromatic rings. The van der Waals surface area contributed by atoms with Gasteiger partial charge in [0.25, 0.3) is 0 Å². The van der Waals surface area contributed by atoms with Crippen LogP contribution in [0, 0.1) is 0 Å². The Morgan fingerprint density at radius 2 is 2.04 bits per heavy atom. The summed E-state index contributed by atoms with van der Waals surface area (Å²) in [4.78, 5) is 0. The average Bonchev–Trinajstić information content (AvgIpc) is 2.86. The summed E-state index contributed by atoms with van der Waals surface area (Å²) in [6, 6.07) is 5.90. The van der Waals surface area contributed by atoms with E-state index in [-0.39, 0.29) is 9.79 Å². The Bertz CT molecular complexity index is 868. The van der Waals surface area contributed by atoms with E-state index in [9.17, 15) is 0 Å². The lowest BCUT2D eigenvalue weighted by Crippen LogP contribution is -2.45. The van der Waals surface area contributed by atoms with Crippen molar-refractivity contribution in [3.8, 4) is 11.4 Å². The van der Waals surface area contributed by atoms with Crippen molar-refractivity contribution < 1.29 is 4.43 Å². The molecule has 0 saturated carbocycles. The van der Waals surface area contributed by atoms with Crippen molar-refractivity contribution in [3.63, 3.8) is 0 Å². The topological polar surface area (TPSA) is 39.9 Å². The molecule has 1 aliphatic heterocycles. The molecule has 1 unspecified atom stereocenters. The third-order valence-corrected chi connectivity index (χ3v) is 12.5. The van der Waals surface area contributed by atoms with Crippen molar-refractivity contribution in [1.29, 1.82) is 0 Å². The summed E-state index contributed by atoms with van der Waals surface area (Å²) in [6.45, 7) is 15.4. The van der Waals surface area contributed by atoms with Gasteiger partial charge in [-0.2, -0.15) is 11.8 Å². The summed E-state index contributed by atoms with van der Waals surface area (Å²) < 4.78 is 9.75. The Balaban J connectivity index is 1.83. The van der Waals surface area contributed by atoms with E-state index in [1.165, 1.54) is 0 Å². The number of benzene rings is 1. The van der Waals surface area contributed by atoms with E-state index in [1.54, 1.807) is 0 Å². The van der Waals surface area contributed by atoms with Crippen LogP contribution in [0.5, 0.6) is 0 Å². The van der Waals surface area contributed by atoms with Crippen molar-refractivity contribution in [2.24, 2.45) is 0 Å². The second kappa shape index (κ2) is 8.06. The van der Waals surface area contributed by atoms with Gasteiger partial charge in [-0.1, -0.05) is 48.3 Å². The van der Waals surface area contributed by atoms with Gasteiger partial charge in [0.15, 0.2) is 14.1 Å². The molecule has 1 aromatic heterocycles. The molecule has 154 valence electrons. The molecule has 28 heavy (non-hydrogen) atoms. The van der Waals surface area contributed by atoms with Gasteiger partial charge in [-0.3, -0.25) is 0 Å². The second-order valence-corrected chi connectivity index (χ2v) is 17.1. The number of thioether (sulfide) groups is 1. The third kappa shape index (κ3) is 4.69. The van der Waals surface area contributed by atoms with Gasteiger partial charge in [0.1, 0.15) is 5.82 Å². The molecule has 1 aliphatic rings. The fourth-order valence-corrected chi connectivity index (χ4v) is 6.10. The zero-order chi connectivity index (χ0) is 20.7. The van der Waals surface area contributed by atoms with E-state index < -0.39 is 8.32 Å². The molecule has 8 heteroatoms. The number of halogens is 2. The van der Waals surface area contributed by atoms with Crippen LogP contribution in [0.4, 0.5) is 0 Å². The van der Waals surface area contributed by atoms with Crippen molar-refractivity contribution in [2.75, 3.05) is 12.4 Å². The minimum atomic E-state index is -1.78. The lowest BCUT2D eigenvalue weighted by atomic mass is 10.1. The maximum absolute atomic E-state index is 6.56. The largest absolute Gasteiger partial charge is 0.415 e. The van der Waals surface area contributed by atoms with E-state index in [0.717, 1.165) is 47.0 Å². The molecule has 0 radical (unpaired) electrons. The standard InChI is InChI=1S/C20H29BrClN3OSSi/c1-19(2,3)28(5,6)26-13-20(4)12-17-23-24-18(25(17)9-10-27-20)15-8-7-14(21)11-16(15)22/h7-8,11H,9-10,12-13H2,1-6H3. The first-order valence-corrected chi connectivity index (χ1v) is 14.6. The lowest BCUT2D eigenvalue weighted by Gasteiger charge is -2.39. The van der Waals surface area contributed by atoms with Crippen LogP contribution in [0.1, 0.15) is 33.5 Å². The average molecular weight is 503 g/mol. The van der Waals surface area contributed by atoms with E-state index >= 15 is 0 Å². The zero-order valence-electron chi connectivity index (χ0n) is 17.5. The zero-order valence-corrected chi connectivity index (χ0v) is 21.6. The van der Waals surface area contributed by atoms with Gasteiger partial charge in [-0.25, -0.2) is 0 Å². The number of hydrogen-bond acceptors (Lipinski definition) is 4. The van der Waals surface area contributed by atoms with E-state index in [4.69, 9.17) is 16.0 Å². The maximum atomic E-state index is 6.56. The summed E-state index contributed by atoms with van der Waals surface area (Å²) in [5.41, 5.74) is 0.926. The van der Waals surface area contributed by atoms with Gasteiger partial charge in [0.2, 0.25) is 0 Å². The smallest absolute Gasteiger partial charge is 0.192 e. The molecule has 0 amide bonds. The van der Waals surface area contributed by atoms with Crippen LogP contribution in [0.15, 0.2) is 22.7 Å². The van der Waals surface area contributed by atoms with E-state index in [0.29, 0.717) is 5.02 Å². The monoisotopic (exact) mass is 501 g/mol. The van der Waals surface area contributed by atoms with E-state index in [2.05, 4.69) is 71.5 Å². The third-order valence-electron chi connectivity index (χ3n) is 5.84. The highest BCUT2D eigenvalue weighted by Crippen LogP contribution is 2.40. The Hall–Kier alpha value is -0.343. The number of rotatable bonds is 4. The predicted octanol–water partition coefficient (Wildman–Crippen LogP) is 6.43. The van der Waals surface area contributed by atoms with Gasteiger partial charge in [0.05, 0.1) is 5.02 Å². The molecule has 0 N–H and O–H groups in total. The molecule has 0 fully saturated rings. The van der Waals surface area contributed by atoms with Crippen molar-refractivity contribution in [1.82, 2.24) is 14.8 Å². The Labute approximate surface area is 187 Å². The number of fused-ring (bicyclic) bond motifs is 1. The van der Waals surface area contributed by atoms with Gasteiger partial charge in [0, 0.05) is 40.1 Å². The van der Waals surface area contributed by atoms with Crippen molar-refractivity contribution >= 4 is 47.6 Å². The van der Waals surface area contributed by atoms with Crippen LogP contribution >= 0.6 is 39.3 Å². The Kier molecular flexibility index (Phi) is 6.43. The number of aromatic nitrogens is 3. The molecular formula is C20H29BrClN3OSSi. The predicted molar refractivity (Wildman–Crippen MR) is 126 cm³/mol. The summed E-state index contributed by atoms with van der Waals surface area (Å²) in [5.74, 6) is 2.87. The molecule has 0 saturated heterocycles. The Morgan fingerprint density at radius 3 is 2.68 bits per heavy atom. The molecule has 1 atom stereocenters. The highest BCUT2D eigenvalue weighted by molar-refractivity contribution is 9.10. The van der Waals surface area contributed by atoms with Gasteiger partial charge < -0.3 is 8.99 Å². The number of hydrogen-bond donors (Lipinski definition) is 0. The summed E-state index contributed by atoms with van der Waals surface area (Å²) in [6.07, 6.45) is 0.841. The van der Waals surface area contributed by atoms with Crippen LogP contribution in [0.2, 0.25) is 23.2 Å². The molecule has 0 bridgehead atoms. The first kappa shape index (κ1) is 22.3. The summed E-state index contributed by atoms with van der Waals surface area (Å²) in [5, 5.41) is 9.91. The lowest BCUT2D eigenvalue weighted by molar-refractivity contribution is 0.252. The summed E-state index contributed by atoms with van der Waals surface area (Å²) >= 11 is 11.9. The SMILES string of the molecule is CC1(CO[Si](C)(C)C(C)(C)C)Cc2nnc(-c3ccc(Br)cc3Cl)n2CCS1. The number of nitrogens with zero attached hydrogens (tertiary/aromatic N) is 3. The fraction of sp³-hybridized carbons (Fsp3) is 0.600. The molecule has 1 aromatic carbocycles. The minimum absolute atomic E-state index is 0.00240. The molecule has 0 aliphatic carbocycles. The van der Waals surface area contributed by atoms with Crippen LogP contribution < -0.4 is 0 Å². The molecule has 0 spiro atoms. The molecular weight excluding hydrogens is 474 g/mol. The van der Waals surface area contributed by atoms with E-state index in [1.807, 2.05) is 30.0 Å². The second-order valence-electron chi connectivity index (χ2n) is 9.24. The highest BCUT2D eigenvalue weighted by atomic mass is 79.9. The summed E-state index contributed by atoms with van der Waals surface area (Å²) in [7, 11) is -1.78. The first-order valence-electron chi connectivity index (χ1n) is 9.57.